The predicted molar refractivity (Wildman–Crippen MR) is 69.5 cm³/mol. The highest BCUT2D eigenvalue weighted by Gasteiger charge is 2.29. The standard InChI is InChI=1S/C15H21FO/c1-5-11(2)10-14(17)15(3,4)12-6-8-13(16)9-7-12/h6-9,14,17H,2,5,10H2,1,3-4H3. The van der Waals surface area contributed by atoms with E-state index in [1.165, 1.54) is 12.1 Å². The molecule has 0 aliphatic heterocycles. The van der Waals surface area contributed by atoms with E-state index in [-0.39, 0.29) is 5.82 Å². The van der Waals surface area contributed by atoms with Crippen molar-refractivity contribution >= 4 is 0 Å². The number of aliphatic hydroxyl groups excluding tert-OH is 1. The normalized spacial score (nSPS) is 13.5. The van der Waals surface area contributed by atoms with Gasteiger partial charge in [0.05, 0.1) is 6.10 Å². The highest BCUT2D eigenvalue weighted by atomic mass is 19.1. The second kappa shape index (κ2) is 5.46. The zero-order valence-electron chi connectivity index (χ0n) is 10.8. The van der Waals surface area contributed by atoms with Gasteiger partial charge in [0.2, 0.25) is 0 Å². The highest BCUT2D eigenvalue weighted by molar-refractivity contribution is 5.26. The highest BCUT2D eigenvalue weighted by Crippen LogP contribution is 2.30. The molecule has 2 heteroatoms. The summed E-state index contributed by atoms with van der Waals surface area (Å²) >= 11 is 0. The lowest BCUT2D eigenvalue weighted by Crippen LogP contribution is -2.33. The molecule has 94 valence electrons. The van der Waals surface area contributed by atoms with Gasteiger partial charge in [0.25, 0.3) is 0 Å². The van der Waals surface area contributed by atoms with Gasteiger partial charge in [-0.3, -0.25) is 0 Å². The van der Waals surface area contributed by atoms with E-state index in [4.69, 9.17) is 0 Å². The first-order valence-electron chi connectivity index (χ1n) is 5.98. The van der Waals surface area contributed by atoms with E-state index in [9.17, 15) is 9.50 Å². The first-order valence-corrected chi connectivity index (χ1v) is 5.98. The van der Waals surface area contributed by atoms with Gasteiger partial charge in [-0.2, -0.15) is 0 Å². The van der Waals surface area contributed by atoms with Gasteiger partial charge in [0, 0.05) is 5.41 Å². The molecule has 0 saturated carbocycles. The maximum Gasteiger partial charge on any atom is 0.123 e. The van der Waals surface area contributed by atoms with Gasteiger partial charge in [-0.05, 0) is 30.5 Å². The van der Waals surface area contributed by atoms with Crippen LogP contribution in [0.5, 0.6) is 0 Å². The Balaban J connectivity index is 2.86. The molecule has 0 amide bonds. The Morgan fingerprint density at radius 2 is 1.88 bits per heavy atom. The second-order valence-corrected chi connectivity index (χ2v) is 5.05. The Morgan fingerprint density at radius 1 is 1.35 bits per heavy atom. The third-order valence-electron chi connectivity index (χ3n) is 3.40. The summed E-state index contributed by atoms with van der Waals surface area (Å²) in [6.45, 7) is 9.87. The summed E-state index contributed by atoms with van der Waals surface area (Å²) in [6, 6.07) is 6.32. The van der Waals surface area contributed by atoms with E-state index in [0.29, 0.717) is 6.42 Å². The molecule has 1 N–H and O–H groups in total. The van der Waals surface area contributed by atoms with Crippen LogP contribution in [0.3, 0.4) is 0 Å². The molecular weight excluding hydrogens is 215 g/mol. The van der Waals surface area contributed by atoms with E-state index < -0.39 is 11.5 Å². The van der Waals surface area contributed by atoms with Crippen LogP contribution in [0.1, 0.15) is 39.2 Å². The van der Waals surface area contributed by atoms with E-state index in [2.05, 4.69) is 6.58 Å². The summed E-state index contributed by atoms with van der Waals surface area (Å²) in [5, 5.41) is 10.2. The minimum Gasteiger partial charge on any atom is -0.392 e. The van der Waals surface area contributed by atoms with Crippen molar-refractivity contribution in [2.24, 2.45) is 0 Å². The quantitative estimate of drug-likeness (QED) is 0.770. The molecule has 0 fully saturated rings. The van der Waals surface area contributed by atoms with Gasteiger partial charge >= 0.3 is 0 Å². The summed E-state index contributed by atoms with van der Waals surface area (Å²) in [5.74, 6) is -0.253. The van der Waals surface area contributed by atoms with Crippen LogP contribution in [-0.2, 0) is 5.41 Å². The molecule has 1 aromatic rings. The first kappa shape index (κ1) is 13.9. The third kappa shape index (κ3) is 3.40. The van der Waals surface area contributed by atoms with Crippen LogP contribution in [0.2, 0.25) is 0 Å². The van der Waals surface area contributed by atoms with Crippen molar-refractivity contribution in [1.82, 2.24) is 0 Å². The smallest absolute Gasteiger partial charge is 0.123 e. The molecule has 0 aliphatic carbocycles. The number of hydrogen-bond donors (Lipinski definition) is 1. The molecule has 0 bridgehead atoms. The summed E-state index contributed by atoms with van der Waals surface area (Å²) in [5.41, 5.74) is 1.58. The van der Waals surface area contributed by atoms with Gasteiger partial charge in [0.15, 0.2) is 0 Å². The van der Waals surface area contributed by atoms with E-state index in [0.717, 1.165) is 17.6 Å². The molecule has 0 heterocycles. The molecule has 17 heavy (non-hydrogen) atoms. The van der Waals surface area contributed by atoms with Crippen molar-refractivity contribution in [2.45, 2.75) is 45.1 Å². The molecular formula is C15H21FO. The van der Waals surface area contributed by atoms with Crippen LogP contribution < -0.4 is 0 Å². The zero-order valence-corrected chi connectivity index (χ0v) is 10.8. The molecule has 1 nitrogen and oxygen atoms in total. The molecule has 0 spiro atoms. The summed E-state index contributed by atoms with van der Waals surface area (Å²) in [6.07, 6.45) is 0.956. The van der Waals surface area contributed by atoms with E-state index >= 15 is 0 Å². The number of aliphatic hydroxyl groups is 1. The van der Waals surface area contributed by atoms with Crippen molar-refractivity contribution in [3.05, 3.63) is 47.8 Å². The van der Waals surface area contributed by atoms with Crippen molar-refractivity contribution in [3.63, 3.8) is 0 Å². The van der Waals surface area contributed by atoms with Crippen LogP contribution in [-0.4, -0.2) is 11.2 Å². The summed E-state index contributed by atoms with van der Waals surface area (Å²) < 4.78 is 12.9. The minimum absolute atomic E-state index is 0.253. The lowest BCUT2D eigenvalue weighted by atomic mass is 9.77. The lowest BCUT2D eigenvalue weighted by Gasteiger charge is -2.31. The van der Waals surface area contributed by atoms with Gasteiger partial charge in [-0.15, -0.1) is 0 Å². The third-order valence-corrected chi connectivity index (χ3v) is 3.40. The van der Waals surface area contributed by atoms with Crippen LogP contribution in [0, 0.1) is 5.82 Å². The minimum atomic E-state index is -0.500. The molecule has 1 aromatic carbocycles. The van der Waals surface area contributed by atoms with Crippen molar-refractivity contribution in [3.8, 4) is 0 Å². The Hall–Kier alpha value is -1.15. The predicted octanol–water partition coefficient (Wildman–Crippen LogP) is 3.82. The maximum absolute atomic E-state index is 12.9. The average molecular weight is 236 g/mol. The fourth-order valence-electron chi connectivity index (χ4n) is 1.74. The van der Waals surface area contributed by atoms with Gasteiger partial charge in [-0.25, -0.2) is 4.39 Å². The number of rotatable bonds is 5. The fourth-order valence-corrected chi connectivity index (χ4v) is 1.74. The van der Waals surface area contributed by atoms with Gasteiger partial charge < -0.3 is 5.11 Å². The molecule has 0 aliphatic rings. The first-order chi connectivity index (χ1) is 7.87. The zero-order chi connectivity index (χ0) is 13.1. The van der Waals surface area contributed by atoms with Crippen LogP contribution in [0.15, 0.2) is 36.4 Å². The number of halogens is 1. The second-order valence-electron chi connectivity index (χ2n) is 5.05. The molecule has 1 atom stereocenters. The Bertz CT molecular complexity index is 378. The fraction of sp³-hybridized carbons (Fsp3) is 0.467. The molecule has 1 unspecified atom stereocenters. The summed E-state index contributed by atoms with van der Waals surface area (Å²) in [7, 11) is 0. The lowest BCUT2D eigenvalue weighted by molar-refractivity contribution is 0.0994. The van der Waals surface area contributed by atoms with Gasteiger partial charge in [0.1, 0.15) is 5.82 Å². The topological polar surface area (TPSA) is 20.2 Å². The maximum atomic E-state index is 12.9. The SMILES string of the molecule is C=C(CC)CC(O)C(C)(C)c1ccc(F)cc1. The Kier molecular flexibility index (Phi) is 4.47. The van der Waals surface area contributed by atoms with Crippen LogP contribution >= 0.6 is 0 Å². The largest absolute Gasteiger partial charge is 0.392 e. The monoisotopic (exact) mass is 236 g/mol. The molecule has 0 saturated heterocycles. The Labute approximate surface area is 103 Å². The van der Waals surface area contributed by atoms with Crippen molar-refractivity contribution < 1.29 is 9.50 Å². The van der Waals surface area contributed by atoms with Crippen LogP contribution in [0.4, 0.5) is 4.39 Å². The van der Waals surface area contributed by atoms with Crippen molar-refractivity contribution in [2.75, 3.05) is 0 Å². The van der Waals surface area contributed by atoms with Crippen molar-refractivity contribution in [1.29, 1.82) is 0 Å². The number of hydrogen-bond acceptors (Lipinski definition) is 1. The van der Waals surface area contributed by atoms with E-state index in [1.54, 1.807) is 12.1 Å². The number of benzene rings is 1. The molecule has 1 rings (SSSR count). The van der Waals surface area contributed by atoms with E-state index in [1.807, 2.05) is 20.8 Å². The molecule has 0 aromatic heterocycles. The summed E-state index contributed by atoms with van der Waals surface area (Å²) in [4.78, 5) is 0. The average Bonchev–Trinajstić information content (AvgIpc) is 2.29. The van der Waals surface area contributed by atoms with Crippen LogP contribution in [0.25, 0.3) is 0 Å². The Morgan fingerprint density at radius 3 is 2.35 bits per heavy atom. The molecule has 0 radical (unpaired) electrons. The van der Waals surface area contributed by atoms with Gasteiger partial charge in [-0.1, -0.05) is 45.1 Å².